The van der Waals surface area contributed by atoms with Crippen molar-refractivity contribution in [2.24, 2.45) is 0 Å². The van der Waals surface area contributed by atoms with Crippen LogP contribution < -0.4 is 0 Å². The Hall–Kier alpha value is -0.440. The summed E-state index contributed by atoms with van der Waals surface area (Å²) in [5.74, 6) is 0. The molecule has 0 aliphatic carbocycles. The summed E-state index contributed by atoms with van der Waals surface area (Å²) in [5.41, 5.74) is 2.61. The van der Waals surface area contributed by atoms with Gasteiger partial charge in [0.05, 0.1) is 13.2 Å². The molecule has 0 N–H and O–H groups in total. The fourth-order valence-corrected chi connectivity index (χ4v) is 13.1. The number of ether oxygens (including phenoxy) is 1. The van der Waals surface area contributed by atoms with Crippen LogP contribution in [0, 0.1) is 0 Å². The quantitative estimate of drug-likeness (QED) is 0.233. The molecule has 5 unspecified atom stereocenters. The lowest BCUT2D eigenvalue weighted by Gasteiger charge is -2.50. The Morgan fingerprint density at radius 1 is 0.268 bits per heavy atom. The first-order valence-corrected chi connectivity index (χ1v) is 34.6. The molecule has 82 heavy (non-hydrogen) atoms. The van der Waals surface area contributed by atoms with E-state index in [1.807, 2.05) is 0 Å². The Morgan fingerprint density at radius 3 is 0.780 bits per heavy atom. The Kier molecular flexibility index (Phi) is 37.7. The summed E-state index contributed by atoms with van der Waals surface area (Å²) in [4.78, 5) is 24.2. The van der Waals surface area contributed by atoms with Gasteiger partial charge in [-0.25, -0.2) is 0 Å². The summed E-state index contributed by atoms with van der Waals surface area (Å²) in [6, 6.07) is 4.12. The number of hydrogen-bond donors (Lipinski definition) is 0. The number of morpholine rings is 1. The van der Waals surface area contributed by atoms with Crippen molar-refractivity contribution >= 4 is 0 Å². The molecule has 0 saturated carbocycles. The molecule has 0 aromatic rings. The minimum atomic E-state index is 0.405. The van der Waals surface area contributed by atoms with Gasteiger partial charge in [0, 0.05) is 76.5 Å². The number of likely N-dealkylation sites (tertiary alicyclic amines) is 9. The third kappa shape index (κ3) is 31.1. The van der Waals surface area contributed by atoms with Crippen LogP contribution in [0.4, 0.5) is 0 Å². The molecule has 10 aliphatic heterocycles. The van der Waals surface area contributed by atoms with Crippen LogP contribution in [0.25, 0.3) is 0 Å². The van der Waals surface area contributed by atoms with E-state index < -0.39 is 0 Å². The minimum Gasteiger partial charge on any atom is -0.379 e. The molecule has 11 heteroatoms. The SMILES string of the molecule is CC1CCC(C)N1C.CC1CCCC(C)N1C.CC1CCCN1C.CN1C(C)(C)CCC1(C)C.CN1C(C)(C)CCCC1(C)C.CN1CCCC1.CN1CCCC1(C)C.CN1CCCCC1.CN1CCCCC1(C)C.CN1CCOCC1. The van der Waals surface area contributed by atoms with E-state index in [-0.39, 0.29) is 0 Å². The standard InChI is InChI=1S/C10H21N.C9H19N.2C8H17N.2C7H15N.2C6H13N.C5H11NO.C5H11N/c1-9(2)7-6-8-10(3,4)11(9)5;1-8(2)6-7-9(3,4)10(8)5;1-8(2)6-4-5-7-9(8)3;1-7-5-4-6-8(2)9(7)3;1-7(2)5-4-6-8(7)3;1-6-4-5-7(2)8(6)3;1-6-4-3-5-7(6)2;1-7-5-3-2-4-6-7;1-6-2-4-7-5-3-6;1-6-4-2-3-5-6/h6-8H2,1-5H3;6-7H2,1-5H3;4-7H2,1-3H3;7-8H,4-6H2,1-3H3;4-6H2,1-3H3;6-7H,4-5H2,1-3H3;6H,3-5H2,1-2H3;2-6H2,1H3;2-5H2,1H3;2-5H2,1H3. The molecule has 0 amide bonds. The molecule has 0 spiro atoms. The molecule has 0 aromatic carbocycles. The number of likely N-dealkylation sites (N-methyl/N-ethyl adjacent to an activating group) is 1. The van der Waals surface area contributed by atoms with Crippen molar-refractivity contribution in [2.75, 3.05) is 143 Å². The van der Waals surface area contributed by atoms with Crippen molar-refractivity contribution in [1.82, 2.24) is 49.0 Å². The van der Waals surface area contributed by atoms with E-state index in [9.17, 15) is 0 Å². The van der Waals surface area contributed by atoms with Gasteiger partial charge >= 0.3 is 0 Å². The van der Waals surface area contributed by atoms with Crippen LogP contribution in [-0.2, 0) is 4.74 Å². The Labute approximate surface area is 516 Å². The zero-order chi connectivity index (χ0) is 62.7. The number of piperidine rings is 4. The summed E-state index contributed by atoms with van der Waals surface area (Å²) < 4.78 is 5.10. The maximum atomic E-state index is 5.10. The summed E-state index contributed by atoms with van der Waals surface area (Å²) in [7, 11) is 22.0. The van der Waals surface area contributed by atoms with E-state index in [4.69, 9.17) is 4.74 Å². The number of rotatable bonds is 0. The molecule has 10 heterocycles. The van der Waals surface area contributed by atoms with Gasteiger partial charge in [-0.05, 0) is 356 Å². The van der Waals surface area contributed by atoms with Crippen molar-refractivity contribution in [3.05, 3.63) is 0 Å². The first-order chi connectivity index (χ1) is 37.9. The van der Waals surface area contributed by atoms with Gasteiger partial charge in [0.15, 0.2) is 0 Å². The Bertz CT molecular complexity index is 1510. The molecule has 0 aromatic heterocycles. The fraction of sp³-hybridized carbons (Fsp3) is 1.00. The van der Waals surface area contributed by atoms with Gasteiger partial charge in [-0.1, -0.05) is 19.3 Å². The molecular weight excluding hydrogens is 1010 g/mol. The second-order valence-corrected chi connectivity index (χ2v) is 31.7. The lowest BCUT2D eigenvalue weighted by atomic mass is 9.80. The number of nitrogens with zero attached hydrogens (tertiary/aromatic N) is 10. The summed E-state index contributed by atoms with van der Waals surface area (Å²) in [6.07, 6.45) is 30.5. The maximum Gasteiger partial charge on any atom is 0.0594 e. The van der Waals surface area contributed by atoms with Crippen LogP contribution in [0.15, 0.2) is 0 Å². The van der Waals surface area contributed by atoms with Crippen LogP contribution in [-0.4, -0.2) is 255 Å². The minimum absolute atomic E-state index is 0.405. The average molecular weight is 1160 g/mol. The fourth-order valence-electron chi connectivity index (χ4n) is 13.1. The maximum absolute atomic E-state index is 5.10. The van der Waals surface area contributed by atoms with Crippen molar-refractivity contribution in [3.8, 4) is 0 Å². The first-order valence-electron chi connectivity index (χ1n) is 34.6. The highest BCUT2D eigenvalue weighted by molar-refractivity contribution is 4.98. The monoisotopic (exact) mass is 1160 g/mol. The highest BCUT2D eigenvalue weighted by atomic mass is 16.5. The first kappa shape index (κ1) is 79.6. The smallest absolute Gasteiger partial charge is 0.0594 e. The third-order valence-corrected chi connectivity index (χ3v) is 22.5. The molecule has 10 saturated heterocycles. The van der Waals surface area contributed by atoms with Crippen LogP contribution in [0.2, 0.25) is 0 Å². The molecule has 10 aliphatic rings. The van der Waals surface area contributed by atoms with E-state index >= 15 is 0 Å². The van der Waals surface area contributed by atoms with E-state index in [1.165, 1.54) is 187 Å². The van der Waals surface area contributed by atoms with Crippen molar-refractivity contribution in [2.45, 2.75) is 322 Å². The molecule has 10 rings (SSSR count). The van der Waals surface area contributed by atoms with Gasteiger partial charge in [0.1, 0.15) is 0 Å². The van der Waals surface area contributed by atoms with Gasteiger partial charge in [-0.3, -0.25) is 9.80 Å². The van der Waals surface area contributed by atoms with Crippen molar-refractivity contribution in [3.63, 3.8) is 0 Å². The summed E-state index contributed by atoms with van der Waals surface area (Å²) in [6.45, 7) is 52.6. The predicted octanol–water partition coefficient (Wildman–Crippen LogP) is 14.5. The third-order valence-electron chi connectivity index (χ3n) is 22.5. The molecule has 5 atom stereocenters. The van der Waals surface area contributed by atoms with Crippen LogP contribution >= 0.6 is 0 Å². The molecule has 0 bridgehead atoms. The molecule has 11 nitrogen and oxygen atoms in total. The van der Waals surface area contributed by atoms with Crippen molar-refractivity contribution < 1.29 is 4.74 Å². The average Bonchev–Trinajstić information content (AvgIpc) is 4.23. The van der Waals surface area contributed by atoms with Gasteiger partial charge in [-0.15, -0.1) is 0 Å². The lowest BCUT2D eigenvalue weighted by Crippen LogP contribution is -2.56. The second kappa shape index (κ2) is 38.9. The number of hydrogen-bond acceptors (Lipinski definition) is 11. The van der Waals surface area contributed by atoms with Crippen LogP contribution in [0.1, 0.15) is 259 Å². The highest BCUT2D eigenvalue weighted by Gasteiger charge is 2.41. The molecule has 10 fully saturated rings. The predicted molar refractivity (Wildman–Crippen MR) is 366 cm³/mol. The van der Waals surface area contributed by atoms with Crippen molar-refractivity contribution in [1.29, 1.82) is 0 Å². The summed E-state index contributed by atoms with van der Waals surface area (Å²) in [5, 5.41) is 0. The Morgan fingerprint density at radius 2 is 0.585 bits per heavy atom. The molecular formula is C71H152N10O. The molecule has 0 radical (unpaired) electrons. The second-order valence-electron chi connectivity index (χ2n) is 31.7. The van der Waals surface area contributed by atoms with Gasteiger partial charge < -0.3 is 43.9 Å². The van der Waals surface area contributed by atoms with E-state index in [0.29, 0.717) is 33.2 Å². The highest BCUT2D eigenvalue weighted by Crippen LogP contribution is 2.39. The molecule has 492 valence electrons. The zero-order valence-corrected chi connectivity index (χ0v) is 61.1. The van der Waals surface area contributed by atoms with Gasteiger partial charge in [-0.2, -0.15) is 0 Å². The van der Waals surface area contributed by atoms with Crippen LogP contribution in [0.3, 0.4) is 0 Å². The van der Waals surface area contributed by atoms with Gasteiger partial charge in [0.25, 0.3) is 0 Å². The van der Waals surface area contributed by atoms with E-state index in [2.05, 4.69) is 237 Å². The largest absolute Gasteiger partial charge is 0.379 e. The van der Waals surface area contributed by atoms with Gasteiger partial charge in [0.2, 0.25) is 0 Å². The Balaban J connectivity index is 0.000000457. The lowest BCUT2D eigenvalue weighted by molar-refractivity contribution is -0.00200. The van der Waals surface area contributed by atoms with Crippen LogP contribution in [0.5, 0.6) is 0 Å². The summed E-state index contributed by atoms with van der Waals surface area (Å²) >= 11 is 0. The zero-order valence-electron chi connectivity index (χ0n) is 61.1. The van der Waals surface area contributed by atoms with E-state index in [0.717, 1.165) is 56.5 Å². The van der Waals surface area contributed by atoms with E-state index in [1.54, 1.807) is 0 Å². The topological polar surface area (TPSA) is 41.6 Å². The normalized spacial score (nSPS) is 31.1.